The largest absolute Gasteiger partial charge is 0.490 e. The van der Waals surface area contributed by atoms with Crippen molar-refractivity contribution in [1.82, 2.24) is 5.32 Å². The van der Waals surface area contributed by atoms with Gasteiger partial charge in [0.2, 0.25) is 5.91 Å². The molecule has 4 heteroatoms. The Bertz CT molecular complexity index is 578. The summed E-state index contributed by atoms with van der Waals surface area (Å²) in [7, 11) is 0. The maximum atomic E-state index is 12.1. The molecule has 4 nitrogen and oxygen atoms in total. The predicted molar refractivity (Wildman–Crippen MR) is 93.9 cm³/mol. The quantitative estimate of drug-likeness (QED) is 0.756. The third-order valence-corrected chi connectivity index (χ3v) is 4.90. The van der Waals surface area contributed by atoms with Crippen molar-refractivity contribution in [3.63, 3.8) is 0 Å². The van der Waals surface area contributed by atoms with Crippen LogP contribution in [0.1, 0.15) is 44.1 Å². The van der Waals surface area contributed by atoms with Crippen molar-refractivity contribution in [1.29, 1.82) is 0 Å². The van der Waals surface area contributed by atoms with Crippen molar-refractivity contribution >= 4 is 5.91 Å². The molecule has 130 valence electrons. The molecule has 2 N–H and O–H groups in total. The number of carbonyl (C=O) groups excluding carboxylic acids is 1. The minimum absolute atomic E-state index is 0.0605. The van der Waals surface area contributed by atoms with Crippen LogP contribution in [0.4, 0.5) is 0 Å². The van der Waals surface area contributed by atoms with Crippen LogP contribution in [0.2, 0.25) is 0 Å². The highest BCUT2D eigenvalue weighted by molar-refractivity contribution is 5.76. The van der Waals surface area contributed by atoms with Crippen LogP contribution >= 0.6 is 0 Å². The topological polar surface area (TPSA) is 58.6 Å². The highest BCUT2D eigenvalue weighted by atomic mass is 16.5. The van der Waals surface area contributed by atoms with Crippen LogP contribution in [-0.4, -0.2) is 29.8 Å². The molecular formula is C20H27NO3. The van der Waals surface area contributed by atoms with Crippen molar-refractivity contribution in [2.24, 2.45) is 5.92 Å². The van der Waals surface area contributed by atoms with Crippen LogP contribution < -0.4 is 10.1 Å². The van der Waals surface area contributed by atoms with Gasteiger partial charge in [-0.2, -0.15) is 0 Å². The smallest absolute Gasteiger partial charge is 0.220 e. The molecular weight excluding hydrogens is 302 g/mol. The first-order valence-corrected chi connectivity index (χ1v) is 9.07. The maximum absolute atomic E-state index is 12.1. The number of aryl methyl sites for hydroxylation is 1. The standard InChI is InChI=1S/C20H27NO3/c22-14-16-8-10-17(12-16)21-20(23)11-9-15-4-3-7-19(13-15)24-18-5-1-2-6-18/h3-4,7-8,10,13,16-18,22H,1-2,5-6,9,11-12,14H2,(H,21,23)/t16-,17+/m0/s1. The summed E-state index contributed by atoms with van der Waals surface area (Å²) in [6, 6.07) is 8.17. The first kappa shape index (κ1) is 17.0. The number of aliphatic hydroxyl groups is 1. The Hall–Kier alpha value is -1.81. The number of hydrogen-bond donors (Lipinski definition) is 2. The second-order valence-electron chi connectivity index (χ2n) is 6.91. The Balaban J connectivity index is 1.44. The van der Waals surface area contributed by atoms with Gasteiger partial charge in [0.15, 0.2) is 0 Å². The summed E-state index contributed by atoms with van der Waals surface area (Å²) in [5.74, 6) is 1.16. The SMILES string of the molecule is O=C(CCc1cccc(OC2CCCC2)c1)N[C@@H]1C=C[C@H](CO)C1. The molecule has 0 aromatic heterocycles. The Kier molecular flexibility index (Phi) is 5.91. The van der Waals surface area contributed by atoms with E-state index in [1.807, 2.05) is 30.4 Å². The number of hydrogen-bond acceptors (Lipinski definition) is 3. The second-order valence-corrected chi connectivity index (χ2v) is 6.91. The first-order chi connectivity index (χ1) is 11.7. The summed E-state index contributed by atoms with van der Waals surface area (Å²) in [5.41, 5.74) is 1.14. The third-order valence-electron chi connectivity index (χ3n) is 4.90. The van der Waals surface area contributed by atoms with Gasteiger partial charge >= 0.3 is 0 Å². The Labute approximate surface area is 143 Å². The van der Waals surface area contributed by atoms with Crippen molar-refractivity contribution in [3.8, 4) is 5.75 Å². The highest BCUT2D eigenvalue weighted by Gasteiger charge is 2.19. The van der Waals surface area contributed by atoms with Crippen LogP contribution in [0.5, 0.6) is 5.75 Å². The molecule has 24 heavy (non-hydrogen) atoms. The number of ether oxygens (including phenoxy) is 1. The molecule has 0 saturated heterocycles. The number of amides is 1. The highest BCUT2D eigenvalue weighted by Crippen LogP contribution is 2.25. The summed E-state index contributed by atoms with van der Waals surface area (Å²) in [6.45, 7) is 0.149. The molecule has 0 bridgehead atoms. The lowest BCUT2D eigenvalue weighted by atomic mass is 10.1. The van der Waals surface area contributed by atoms with E-state index in [1.165, 1.54) is 12.8 Å². The summed E-state index contributed by atoms with van der Waals surface area (Å²) in [5, 5.41) is 12.1. The van der Waals surface area contributed by atoms with E-state index in [1.54, 1.807) is 0 Å². The third kappa shape index (κ3) is 4.84. The van der Waals surface area contributed by atoms with Gasteiger partial charge < -0.3 is 15.2 Å². The molecule has 1 aromatic carbocycles. The molecule has 3 rings (SSSR count). The first-order valence-electron chi connectivity index (χ1n) is 9.07. The van der Waals surface area contributed by atoms with Crippen LogP contribution in [0, 0.1) is 5.92 Å². The molecule has 0 spiro atoms. The Morgan fingerprint density at radius 3 is 2.83 bits per heavy atom. The van der Waals surface area contributed by atoms with Crippen molar-refractivity contribution in [2.75, 3.05) is 6.61 Å². The summed E-state index contributed by atoms with van der Waals surface area (Å²) >= 11 is 0. The maximum Gasteiger partial charge on any atom is 0.220 e. The second kappa shape index (κ2) is 8.34. The van der Waals surface area contributed by atoms with Gasteiger partial charge in [0, 0.05) is 25.0 Å². The summed E-state index contributed by atoms with van der Waals surface area (Å²) in [4.78, 5) is 12.1. The fraction of sp³-hybridized carbons (Fsp3) is 0.550. The Morgan fingerprint density at radius 1 is 1.25 bits per heavy atom. The van der Waals surface area contributed by atoms with Gasteiger partial charge in [-0.15, -0.1) is 0 Å². The van der Waals surface area contributed by atoms with Gasteiger partial charge in [-0.1, -0.05) is 24.3 Å². The number of benzene rings is 1. The minimum Gasteiger partial charge on any atom is -0.490 e. The fourth-order valence-corrected chi connectivity index (χ4v) is 3.53. The molecule has 0 radical (unpaired) electrons. The van der Waals surface area contributed by atoms with Crippen LogP contribution in [0.15, 0.2) is 36.4 Å². The van der Waals surface area contributed by atoms with E-state index in [0.717, 1.165) is 30.6 Å². The van der Waals surface area contributed by atoms with E-state index in [-0.39, 0.29) is 24.5 Å². The summed E-state index contributed by atoms with van der Waals surface area (Å²) in [6.07, 6.45) is 11.1. The number of nitrogens with one attached hydrogen (secondary N) is 1. The summed E-state index contributed by atoms with van der Waals surface area (Å²) < 4.78 is 6.02. The molecule has 0 heterocycles. The van der Waals surface area contributed by atoms with Gasteiger partial charge in [0.05, 0.1) is 6.10 Å². The van der Waals surface area contributed by atoms with Gasteiger partial charge in [0.25, 0.3) is 0 Å². The zero-order valence-electron chi connectivity index (χ0n) is 14.1. The molecule has 1 saturated carbocycles. The molecule has 1 aromatic rings. The molecule has 2 atom stereocenters. The van der Waals surface area contributed by atoms with Crippen molar-refractivity contribution in [2.45, 2.75) is 57.1 Å². The zero-order chi connectivity index (χ0) is 16.8. The van der Waals surface area contributed by atoms with E-state index >= 15 is 0 Å². The van der Waals surface area contributed by atoms with Crippen LogP contribution in [0.3, 0.4) is 0 Å². The molecule has 1 amide bonds. The lowest BCUT2D eigenvalue weighted by molar-refractivity contribution is -0.121. The number of carbonyl (C=O) groups is 1. The van der Waals surface area contributed by atoms with Crippen LogP contribution in [-0.2, 0) is 11.2 Å². The van der Waals surface area contributed by atoms with Gasteiger partial charge in [-0.05, 0) is 56.2 Å². The Morgan fingerprint density at radius 2 is 2.08 bits per heavy atom. The molecule has 2 aliphatic carbocycles. The minimum atomic E-state index is 0.0605. The van der Waals surface area contributed by atoms with Crippen LogP contribution in [0.25, 0.3) is 0 Å². The molecule has 1 fully saturated rings. The molecule has 0 unspecified atom stereocenters. The molecule has 0 aliphatic heterocycles. The number of rotatable bonds is 7. The van der Waals surface area contributed by atoms with Crippen molar-refractivity contribution in [3.05, 3.63) is 42.0 Å². The van der Waals surface area contributed by atoms with Gasteiger partial charge in [-0.3, -0.25) is 4.79 Å². The van der Waals surface area contributed by atoms with Crippen molar-refractivity contribution < 1.29 is 14.6 Å². The predicted octanol–water partition coefficient (Wildman–Crippen LogP) is 2.99. The number of aliphatic hydroxyl groups excluding tert-OH is 1. The molecule has 2 aliphatic rings. The average Bonchev–Trinajstić information content (AvgIpc) is 3.25. The fourth-order valence-electron chi connectivity index (χ4n) is 3.53. The normalized spacial score (nSPS) is 23.5. The zero-order valence-corrected chi connectivity index (χ0v) is 14.1. The van der Waals surface area contributed by atoms with E-state index in [4.69, 9.17) is 9.84 Å². The lowest BCUT2D eigenvalue weighted by Crippen LogP contribution is -2.33. The average molecular weight is 329 g/mol. The van der Waals surface area contributed by atoms with E-state index < -0.39 is 0 Å². The van der Waals surface area contributed by atoms with E-state index in [9.17, 15) is 4.79 Å². The van der Waals surface area contributed by atoms with E-state index in [0.29, 0.717) is 18.9 Å². The van der Waals surface area contributed by atoms with Gasteiger partial charge in [0.1, 0.15) is 5.75 Å². The monoisotopic (exact) mass is 329 g/mol. The van der Waals surface area contributed by atoms with Gasteiger partial charge in [-0.25, -0.2) is 0 Å². The van der Waals surface area contributed by atoms with E-state index in [2.05, 4.69) is 11.4 Å². The lowest BCUT2D eigenvalue weighted by Gasteiger charge is -2.14.